The average molecular weight is 346 g/mol. The molecule has 0 atom stereocenters. The van der Waals surface area contributed by atoms with Crippen LogP contribution in [-0.2, 0) is 10.0 Å². The molecule has 0 bridgehead atoms. The Bertz CT molecular complexity index is 835. The van der Waals surface area contributed by atoms with Crippen molar-refractivity contribution in [3.05, 3.63) is 59.7 Å². The predicted octanol–water partition coefficient (Wildman–Crippen LogP) is 3.32. The fraction of sp³-hybridized carbons (Fsp3) is 0.278. The molecule has 0 fully saturated rings. The van der Waals surface area contributed by atoms with Gasteiger partial charge in [0.05, 0.1) is 4.90 Å². The van der Waals surface area contributed by atoms with Crippen LogP contribution in [0.5, 0.6) is 0 Å². The van der Waals surface area contributed by atoms with E-state index in [4.69, 9.17) is 0 Å². The lowest BCUT2D eigenvalue weighted by molar-refractivity contribution is 0.102. The van der Waals surface area contributed by atoms with Crippen LogP contribution in [0, 0.1) is 6.92 Å². The minimum absolute atomic E-state index is 0.159. The summed E-state index contributed by atoms with van der Waals surface area (Å²) in [5, 5.41) is 2.77. The zero-order valence-electron chi connectivity index (χ0n) is 14.3. The zero-order chi connectivity index (χ0) is 18.0. The highest BCUT2D eigenvalue weighted by atomic mass is 32.2. The fourth-order valence-corrected chi connectivity index (χ4v) is 3.62. The Kier molecular flexibility index (Phi) is 5.11. The summed E-state index contributed by atoms with van der Waals surface area (Å²) in [6, 6.07) is 13.4. The third-order valence-electron chi connectivity index (χ3n) is 3.25. The zero-order valence-corrected chi connectivity index (χ0v) is 15.1. The van der Waals surface area contributed by atoms with Gasteiger partial charge >= 0.3 is 0 Å². The van der Waals surface area contributed by atoms with Gasteiger partial charge in [0.15, 0.2) is 0 Å². The number of benzene rings is 2. The molecular formula is C18H22N2O3S. The molecule has 1 amide bonds. The van der Waals surface area contributed by atoms with E-state index in [-0.39, 0.29) is 10.8 Å². The lowest BCUT2D eigenvalue weighted by Crippen LogP contribution is -2.40. The Morgan fingerprint density at radius 2 is 1.54 bits per heavy atom. The number of carbonyl (C=O) groups is 1. The summed E-state index contributed by atoms with van der Waals surface area (Å²) in [5.41, 5.74) is 1.45. The van der Waals surface area contributed by atoms with Crippen LogP contribution < -0.4 is 10.0 Å². The largest absolute Gasteiger partial charge is 0.322 e. The van der Waals surface area contributed by atoms with E-state index in [2.05, 4.69) is 10.0 Å². The summed E-state index contributed by atoms with van der Waals surface area (Å²) in [5.74, 6) is -0.225. The minimum Gasteiger partial charge on any atom is -0.322 e. The first-order valence-electron chi connectivity index (χ1n) is 7.59. The Morgan fingerprint density at radius 1 is 0.958 bits per heavy atom. The van der Waals surface area contributed by atoms with Crippen molar-refractivity contribution in [1.82, 2.24) is 4.72 Å². The summed E-state index contributed by atoms with van der Waals surface area (Å²) >= 11 is 0. The van der Waals surface area contributed by atoms with E-state index in [1.54, 1.807) is 45.0 Å². The van der Waals surface area contributed by atoms with Gasteiger partial charge in [-0.2, -0.15) is 0 Å². The van der Waals surface area contributed by atoms with E-state index in [1.807, 2.05) is 19.1 Å². The van der Waals surface area contributed by atoms with Gasteiger partial charge in [-0.15, -0.1) is 0 Å². The van der Waals surface area contributed by atoms with Crippen LogP contribution in [0.25, 0.3) is 0 Å². The first-order valence-corrected chi connectivity index (χ1v) is 9.08. The quantitative estimate of drug-likeness (QED) is 0.892. The number of anilines is 1. The van der Waals surface area contributed by atoms with Gasteiger partial charge in [0.2, 0.25) is 10.0 Å². The number of hydrogen-bond donors (Lipinski definition) is 2. The standard InChI is InChI=1S/C18H22N2O3S/c1-13-7-5-6-8-16(13)17(21)19-14-9-11-15(12-10-14)24(22,23)20-18(2,3)4/h5-12,20H,1-4H3,(H,19,21). The third kappa shape index (κ3) is 4.66. The lowest BCUT2D eigenvalue weighted by atomic mass is 10.1. The summed E-state index contributed by atoms with van der Waals surface area (Å²) in [4.78, 5) is 12.4. The van der Waals surface area contributed by atoms with Crippen molar-refractivity contribution in [3.8, 4) is 0 Å². The Morgan fingerprint density at radius 3 is 2.08 bits per heavy atom. The molecule has 0 spiro atoms. The first kappa shape index (κ1) is 18.2. The molecule has 24 heavy (non-hydrogen) atoms. The molecule has 0 heterocycles. The number of hydrogen-bond acceptors (Lipinski definition) is 3. The van der Waals surface area contributed by atoms with Crippen molar-refractivity contribution >= 4 is 21.6 Å². The molecule has 0 unspecified atom stereocenters. The van der Waals surface area contributed by atoms with Crippen LogP contribution in [0.2, 0.25) is 0 Å². The second kappa shape index (κ2) is 6.75. The van der Waals surface area contributed by atoms with Crippen LogP contribution in [0.4, 0.5) is 5.69 Å². The number of sulfonamides is 1. The SMILES string of the molecule is Cc1ccccc1C(=O)Nc1ccc(S(=O)(=O)NC(C)(C)C)cc1. The van der Waals surface area contributed by atoms with E-state index < -0.39 is 15.6 Å². The summed E-state index contributed by atoms with van der Waals surface area (Å²) < 4.78 is 27.1. The van der Waals surface area contributed by atoms with E-state index in [0.29, 0.717) is 11.3 Å². The van der Waals surface area contributed by atoms with Crippen LogP contribution >= 0.6 is 0 Å². The first-order chi connectivity index (χ1) is 11.1. The monoisotopic (exact) mass is 346 g/mol. The Labute approximate surface area is 143 Å². The molecule has 2 aromatic rings. The van der Waals surface area contributed by atoms with Gasteiger partial charge in [0.1, 0.15) is 0 Å². The molecule has 2 rings (SSSR count). The molecule has 2 aromatic carbocycles. The van der Waals surface area contributed by atoms with Gasteiger partial charge in [0.25, 0.3) is 5.91 Å². The van der Waals surface area contributed by atoms with Gasteiger partial charge in [0, 0.05) is 16.8 Å². The van der Waals surface area contributed by atoms with E-state index in [0.717, 1.165) is 5.56 Å². The third-order valence-corrected chi connectivity index (χ3v) is 5.03. The van der Waals surface area contributed by atoms with Crippen molar-refractivity contribution in [2.75, 3.05) is 5.32 Å². The molecule has 5 nitrogen and oxygen atoms in total. The van der Waals surface area contributed by atoms with Crippen molar-refractivity contribution in [2.45, 2.75) is 38.1 Å². The normalized spacial score (nSPS) is 12.0. The van der Waals surface area contributed by atoms with Crippen LogP contribution in [0.3, 0.4) is 0 Å². The number of aryl methyl sites for hydroxylation is 1. The van der Waals surface area contributed by atoms with E-state index in [1.165, 1.54) is 12.1 Å². The topological polar surface area (TPSA) is 75.3 Å². The van der Waals surface area contributed by atoms with Crippen molar-refractivity contribution in [3.63, 3.8) is 0 Å². The highest BCUT2D eigenvalue weighted by Gasteiger charge is 2.21. The lowest BCUT2D eigenvalue weighted by Gasteiger charge is -2.20. The van der Waals surface area contributed by atoms with E-state index >= 15 is 0 Å². The molecule has 0 saturated carbocycles. The molecule has 0 saturated heterocycles. The number of carbonyl (C=O) groups excluding carboxylic acids is 1. The second-order valence-corrected chi connectivity index (χ2v) is 8.33. The Hall–Kier alpha value is -2.18. The summed E-state index contributed by atoms with van der Waals surface area (Å²) in [6.07, 6.45) is 0. The molecule has 0 aliphatic heterocycles. The Balaban J connectivity index is 2.16. The maximum absolute atomic E-state index is 12.3. The van der Waals surface area contributed by atoms with Crippen LogP contribution in [-0.4, -0.2) is 19.9 Å². The number of rotatable bonds is 4. The molecule has 128 valence electrons. The number of amides is 1. The maximum Gasteiger partial charge on any atom is 0.255 e. The second-order valence-electron chi connectivity index (χ2n) is 6.65. The van der Waals surface area contributed by atoms with Gasteiger partial charge in [-0.05, 0) is 63.6 Å². The number of nitrogens with one attached hydrogen (secondary N) is 2. The molecular weight excluding hydrogens is 324 g/mol. The smallest absolute Gasteiger partial charge is 0.255 e. The van der Waals surface area contributed by atoms with Gasteiger partial charge in [-0.25, -0.2) is 13.1 Å². The van der Waals surface area contributed by atoms with Crippen molar-refractivity contribution in [2.24, 2.45) is 0 Å². The minimum atomic E-state index is -3.58. The highest BCUT2D eigenvalue weighted by molar-refractivity contribution is 7.89. The molecule has 0 aliphatic carbocycles. The van der Waals surface area contributed by atoms with Crippen molar-refractivity contribution < 1.29 is 13.2 Å². The molecule has 0 radical (unpaired) electrons. The maximum atomic E-state index is 12.3. The summed E-state index contributed by atoms with van der Waals surface area (Å²) in [7, 11) is -3.58. The average Bonchev–Trinajstić information content (AvgIpc) is 2.45. The molecule has 0 aliphatic rings. The van der Waals surface area contributed by atoms with E-state index in [9.17, 15) is 13.2 Å². The fourth-order valence-electron chi connectivity index (χ4n) is 2.21. The van der Waals surface area contributed by atoms with Crippen LogP contribution in [0.15, 0.2) is 53.4 Å². The molecule has 2 N–H and O–H groups in total. The summed E-state index contributed by atoms with van der Waals surface area (Å²) in [6.45, 7) is 7.20. The van der Waals surface area contributed by atoms with Gasteiger partial charge in [-0.1, -0.05) is 18.2 Å². The molecule has 6 heteroatoms. The van der Waals surface area contributed by atoms with Gasteiger partial charge in [-0.3, -0.25) is 4.79 Å². The predicted molar refractivity (Wildman–Crippen MR) is 95.6 cm³/mol. The molecule has 0 aromatic heterocycles. The van der Waals surface area contributed by atoms with Crippen LogP contribution in [0.1, 0.15) is 36.7 Å². The van der Waals surface area contributed by atoms with Crippen molar-refractivity contribution in [1.29, 1.82) is 0 Å². The highest BCUT2D eigenvalue weighted by Crippen LogP contribution is 2.17. The van der Waals surface area contributed by atoms with Gasteiger partial charge < -0.3 is 5.32 Å².